The first-order valence-corrected chi connectivity index (χ1v) is 23.4. The molecule has 16 nitrogen and oxygen atoms in total. The van der Waals surface area contributed by atoms with Crippen molar-refractivity contribution in [2.24, 2.45) is 0 Å². The van der Waals surface area contributed by atoms with Gasteiger partial charge in [0.05, 0.1) is 32.5 Å². The predicted octanol–water partition coefficient (Wildman–Crippen LogP) is 8.85. The molecule has 4 aromatic carbocycles. The molecule has 3 N–H and O–H groups in total. The van der Waals surface area contributed by atoms with E-state index < -0.39 is 69.8 Å². The fourth-order valence-corrected chi connectivity index (χ4v) is 9.53. The van der Waals surface area contributed by atoms with Crippen LogP contribution in [0.4, 0.5) is 49.6 Å². The van der Waals surface area contributed by atoms with Crippen LogP contribution in [0.2, 0.25) is 10.0 Å². The van der Waals surface area contributed by atoms with E-state index in [1.807, 2.05) is 0 Å². The minimum absolute atomic E-state index is 0.181. The second-order valence-electron chi connectivity index (χ2n) is 17.8. The third-order valence-electron chi connectivity index (χ3n) is 12.6. The van der Waals surface area contributed by atoms with Crippen LogP contribution in [0.5, 0.6) is 23.0 Å². The van der Waals surface area contributed by atoms with E-state index in [-0.39, 0.29) is 17.4 Å². The molecule has 0 aliphatic carbocycles. The molecule has 3 saturated heterocycles. The SMILES string of the molecule is Cc1nc(N2CCC(N(C)C)CC2)nc2ccc(NC(=O)C(Oc3ccc(OC(F)(F)F)cc3Cl)C(Oc3ccc(OC(F)(F)F)cc3Cl)C(=O)Nc3ccc4nc(N5CC6CC5CN6)nc(C)c4c3)cc12. The molecule has 72 heavy (non-hydrogen) atoms. The molecule has 2 amide bonds. The highest BCUT2D eigenvalue weighted by atomic mass is 35.5. The van der Waals surface area contributed by atoms with Crippen LogP contribution in [0.25, 0.3) is 21.8 Å². The maximum absolute atomic E-state index is 14.8. The van der Waals surface area contributed by atoms with Crippen molar-refractivity contribution in [3.8, 4) is 23.0 Å². The predicted molar refractivity (Wildman–Crippen MR) is 257 cm³/mol. The second kappa shape index (κ2) is 20.1. The van der Waals surface area contributed by atoms with Gasteiger partial charge in [0.25, 0.3) is 11.8 Å². The van der Waals surface area contributed by atoms with Crippen LogP contribution in [-0.4, -0.2) is 120 Å². The summed E-state index contributed by atoms with van der Waals surface area (Å²) in [5.74, 6) is -3.20. The van der Waals surface area contributed by atoms with E-state index in [9.17, 15) is 35.9 Å². The Kier molecular flexibility index (Phi) is 14.1. The Morgan fingerprint density at radius 2 is 1.19 bits per heavy atom. The molecule has 4 unspecified atom stereocenters. The van der Waals surface area contributed by atoms with Crippen LogP contribution in [0.1, 0.15) is 30.7 Å². The molecule has 24 heteroatoms. The van der Waals surface area contributed by atoms with Crippen molar-refractivity contribution < 1.29 is 54.9 Å². The van der Waals surface area contributed by atoms with Gasteiger partial charge in [-0.1, -0.05) is 23.2 Å². The van der Waals surface area contributed by atoms with Gasteiger partial charge in [0.15, 0.2) is 0 Å². The van der Waals surface area contributed by atoms with E-state index in [4.69, 9.17) is 52.6 Å². The molecule has 6 aromatic rings. The average molecular weight is 1040 g/mol. The number of piperazine rings is 1. The number of rotatable bonds is 14. The molecular formula is C48H46Cl2F6N10O6. The molecule has 0 radical (unpaired) electrons. The maximum Gasteiger partial charge on any atom is 0.573 e. The van der Waals surface area contributed by atoms with Gasteiger partial charge < -0.3 is 49.6 Å². The number of amides is 2. The molecule has 2 aromatic heterocycles. The summed E-state index contributed by atoms with van der Waals surface area (Å²) < 4.78 is 99.4. The molecule has 5 heterocycles. The van der Waals surface area contributed by atoms with Crippen LogP contribution in [-0.2, 0) is 9.59 Å². The number of alkyl halides is 6. The molecule has 4 atom stereocenters. The van der Waals surface area contributed by atoms with Crippen molar-refractivity contribution in [1.29, 1.82) is 0 Å². The molecule has 380 valence electrons. The lowest BCUT2D eigenvalue weighted by Gasteiger charge is -2.35. The number of nitrogens with one attached hydrogen (secondary N) is 3. The lowest BCUT2D eigenvalue weighted by molar-refractivity contribution is -0.275. The fourth-order valence-electron chi connectivity index (χ4n) is 9.10. The fraction of sp³-hybridized carbons (Fsp3) is 0.375. The summed E-state index contributed by atoms with van der Waals surface area (Å²) in [7, 11) is 4.10. The van der Waals surface area contributed by atoms with Gasteiger partial charge in [0, 0.05) is 78.6 Å². The quantitative estimate of drug-likeness (QED) is 0.0885. The summed E-state index contributed by atoms with van der Waals surface area (Å²) in [6.45, 7) is 6.68. The number of aryl methyl sites for hydroxylation is 2. The Morgan fingerprint density at radius 3 is 1.62 bits per heavy atom. The van der Waals surface area contributed by atoms with Crippen LogP contribution < -0.4 is 44.7 Å². The maximum atomic E-state index is 14.8. The van der Waals surface area contributed by atoms with Gasteiger partial charge in [-0.05, 0) is 108 Å². The highest BCUT2D eigenvalue weighted by molar-refractivity contribution is 6.32. The van der Waals surface area contributed by atoms with E-state index >= 15 is 0 Å². The average Bonchev–Trinajstić information content (AvgIpc) is 3.95. The molecule has 3 aliphatic rings. The normalized spacial score (nSPS) is 18.1. The number of anilines is 4. The molecule has 2 bridgehead atoms. The molecule has 9 rings (SSSR count). The van der Waals surface area contributed by atoms with Gasteiger partial charge in [-0.15, -0.1) is 26.3 Å². The summed E-state index contributed by atoms with van der Waals surface area (Å²) >= 11 is 12.9. The van der Waals surface area contributed by atoms with E-state index in [1.165, 1.54) is 0 Å². The van der Waals surface area contributed by atoms with Crippen molar-refractivity contribution in [2.45, 2.75) is 76.2 Å². The zero-order valence-corrected chi connectivity index (χ0v) is 40.4. The monoisotopic (exact) mass is 1040 g/mol. The number of aromatic nitrogens is 4. The van der Waals surface area contributed by atoms with Crippen LogP contribution in [0.3, 0.4) is 0 Å². The van der Waals surface area contributed by atoms with E-state index in [2.05, 4.69) is 54.2 Å². The number of carbonyl (C=O) groups is 2. The van der Waals surface area contributed by atoms with Crippen molar-refractivity contribution >= 4 is 80.1 Å². The first-order chi connectivity index (χ1) is 34.1. The third-order valence-corrected chi connectivity index (χ3v) is 13.2. The first kappa shape index (κ1) is 50.3. The minimum Gasteiger partial charge on any atom is -0.474 e. The highest BCUT2D eigenvalue weighted by Crippen LogP contribution is 2.37. The summed E-state index contributed by atoms with van der Waals surface area (Å²) in [4.78, 5) is 55.2. The number of benzene rings is 4. The molecule has 0 saturated carbocycles. The molecule has 3 fully saturated rings. The molecule has 3 aliphatic heterocycles. The van der Waals surface area contributed by atoms with Crippen molar-refractivity contribution in [3.05, 3.63) is 94.2 Å². The van der Waals surface area contributed by atoms with Crippen LogP contribution in [0.15, 0.2) is 72.8 Å². The Morgan fingerprint density at radius 1 is 0.708 bits per heavy atom. The standard InChI is InChI=1S/C48H46Cl2F6N10O6/c1-24-33-18-26(5-9-37(33)62-45(58-24)65-15-13-29(14-16-65)64(3)4)60-43(67)41(69-39-11-7-31(20-35(39)49)71-47(51,52)53)42(70-40-12-8-32(21-36(40)50)72-48(54,55)56)44(68)61-27-6-10-38-34(19-27)25(2)59-46(63-38)66-23-28-17-30(66)22-57-28/h5-12,18-21,28-30,41-42,57H,13-17,22-23H2,1-4H3,(H,60,67)(H,61,68). The molecule has 0 spiro atoms. The number of hydrogen-bond acceptors (Lipinski definition) is 14. The Bertz CT molecular complexity index is 3040. The Labute approximate surface area is 417 Å². The van der Waals surface area contributed by atoms with E-state index in [0.717, 1.165) is 81.8 Å². The highest BCUT2D eigenvalue weighted by Gasteiger charge is 2.41. The number of halogens is 8. The zero-order chi connectivity index (χ0) is 51.2. The van der Waals surface area contributed by atoms with Gasteiger partial charge >= 0.3 is 12.7 Å². The number of piperidine rings is 1. The minimum atomic E-state index is -5.08. The molecular weight excluding hydrogens is 997 g/mol. The number of ether oxygens (including phenoxy) is 4. The largest absolute Gasteiger partial charge is 0.573 e. The van der Waals surface area contributed by atoms with Crippen LogP contribution >= 0.6 is 23.2 Å². The lowest BCUT2D eigenvalue weighted by atomic mass is 10.0. The van der Waals surface area contributed by atoms with Gasteiger partial charge in [0.1, 0.15) is 23.0 Å². The van der Waals surface area contributed by atoms with Crippen molar-refractivity contribution in [2.75, 3.05) is 60.7 Å². The summed E-state index contributed by atoms with van der Waals surface area (Å²) in [5.41, 5.74) is 2.72. The van der Waals surface area contributed by atoms with Crippen LogP contribution in [0, 0.1) is 13.8 Å². The summed E-state index contributed by atoms with van der Waals surface area (Å²) in [6, 6.07) is 16.0. The third kappa shape index (κ3) is 11.5. The number of carbonyl (C=O) groups excluding carboxylic acids is 2. The summed E-state index contributed by atoms with van der Waals surface area (Å²) in [6.07, 6.45) is -11.5. The topological polar surface area (TPSA) is 168 Å². The van der Waals surface area contributed by atoms with Gasteiger partial charge in [-0.3, -0.25) is 9.59 Å². The first-order valence-electron chi connectivity index (χ1n) is 22.7. The van der Waals surface area contributed by atoms with Gasteiger partial charge in [-0.25, -0.2) is 19.9 Å². The number of fused-ring (bicyclic) bond motifs is 4. The van der Waals surface area contributed by atoms with E-state index in [0.29, 0.717) is 57.2 Å². The van der Waals surface area contributed by atoms with Crippen molar-refractivity contribution in [3.63, 3.8) is 0 Å². The Hall–Kier alpha value is -6.62. The van der Waals surface area contributed by atoms with Gasteiger partial charge in [0.2, 0.25) is 24.1 Å². The summed E-state index contributed by atoms with van der Waals surface area (Å²) in [5, 5.41) is 9.12. The van der Waals surface area contributed by atoms with Crippen molar-refractivity contribution in [1.82, 2.24) is 30.2 Å². The van der Waals surface area contributed by atoms with Gasteiger partial charge in [-0.2, -0.15) is 0 Å². The smallest absolute Gasteiger partial charge is 0.474 e. The van der Waals surface area contributed by atoms with E-state index in [1.54, 1.807) is 50.2 Å². The Balaban J connectivity index is 1.06. The lowest BCUT2D eigenvalue weighted by Crippen LogP contribution is -2.51. The zero-order valence-electron chi connectivity index (χ0n) is 38.9. The number of nitrogens with zero attached hydrogens (tertiary/aromatic N) is 7. The second-order valence-corrected chi connectivity index (χ2v) is 18.7. The number of hydrogen-bond donors (Lipinski definition) is 3.